The summed E-state index contributed by atoms with van der Waals surface area (Å²) >= 11 is 0. The lowest BCUT2D eigenvalue weighted by molar-refractivity contribution is 1.17. The van der Waals surface area contributed by atoms with E-state index >= 15 is 0 Å². The molecule has 0 aliphatic carbocycles. The summed E-state index contributed by atoms with van der Waals surface area (Å²) in [5.41, 5.74) is 12.7. The van der Waals surface area contributed by atoms with Crippen LogP contribution in [0.2, 0.25) is 0 Å². The zero-order valence-corrected chi connectivity index (χ0v) is 30.0. The highest BCUT2D eigenvalue weighted by Gasteiger charge is 2.21. The standard InChI is InChI=1S/C52H35N3/c1-3-15-36(16-4-1)42-20-9-12-24-47(42)53(41-32-34-50-46(35-41)44-22-10-13-25-48(44)54(50)38-18-5-2-6-19-38)39-28-30-40(31-29-39)55-49-26-14-11-23-45(49)52-43-21-8-7-17-37(43)27-33-51(52)55/h1-35H. The molecule has 0 aliphatic rings. The largest absolute Gasteiger partial charge is 0.310 e. The molecule has 0 fully saturated rings. The van der Waals surface area contributed by atoms with Gasteiger partial charge < -0.3 is 14.0 Å². The van der Waals surface area contributed by atoms with E-state index in [2.05, 4.69) is 226 Å². The molecular formula is C52H35N3. The second kappa shape index (κ2) is 12.6. The number of benzene rings is 9. The maximum absolute atomic E-state index is 2.42. The van der Waals surface area contributed by atoms with Crippen LogP contribution >= 0.6 is 0 Å². The van der Waals surface area contributed by atoms with E-state index in [1.54, 1.807) is 0 Å². The molecule has 2 aromatic heterocycles. The Balaban J connectivity index is 1.12. The number of para-hydroxylation sites is 4. The first-order valence-corrected chi connectivity index (χ1v) is 18.9. The van der Waals surface area contributed by atoms with Crippen molar-refractivity contribution in [2.24, 2.45) is 0 Å². The molecule has 0 spiro atoms. The summed E-state index contributed by atoms with van der Waals surface area (Å²) in [6.45, 7) is 0. The van der Waals surface area contributed by atoms with E-state index in [1.807, 2.05) is 0 Å². The molecule has 0 atom stereocenters. The molecule has 11 aromatic rings. The minimum Gasteiger partial charge on any atom is -0.310 e. The predicted octanol–water partition coefficient (Wildman–Crippen LogP) is 14.2. The maximum atomic E-state index is 2.42. The summed E-state index contributed by atoms with van der Waals surface area (Å²) in [5.74, 6) is 0. The van der Waals surface area contributed by atoms with Gasteiger partial charge in [-0.1, -0.05) is 133 Å². The van der Waals surface area contributed by atoms with Crippen LogP contribution in [0.4, 0.5) is 17.1 Å². The third-order valence-corrected chi connectivity index (χ3v) is 11.1. The van der Waals surface area contributed by atoms with Gasteiger partial charge in [0.05, 0.1) is 27.8 Å². The molecule has 258 valence electrons. The van der Waals surface area contributed by atoms with Gasteiger partial charge in [-0.25, -0.2) is 0 Å². The molecule has 0 amide bonds. The molecule has 9 aromatic carbocycles. The average Bonchev–Trinajstić information content (AvgIpc) is 3.78. The van der Waals surface area contributed by atoms with Crippen LogP contribution in [0.3, 0.4) is 0 Å². The highest BCUT2D eigenvalue weighted by atomic mass is 15.1. The van der Waals surface area contributed by atoms with Crippen molar-refractivity contribution in [1.29, 1.82) is 0 Å². The lowest BCUT2D eigenvalue weighted by atomic mass is 10.0. The van der Waals surface area contributed by atoms with Gasteiger partial charge in [0.2, 0.25) is 0 Å². The molecule has 2 heterocycles. The Morgan fingerprint density at radius 3 is 1.67 bits per heavy atom. The van der Waals surface area contributed by atoms with Crippen molar-refractivity contribution in [3.63, 3.8) is 0 Å². The molecule has 0 aliphatic heterocycles. The fourth-order valence-electron chi connectivity index (χ4n) is 8.68. The smallest absolute Gasteiger partial charge is 0.0547 e. The second-order valence-corrected chi connectivity index (χ2v) is 14.2. The van der Waals surface area contributed by atoms with Crippen LogP contribution in [0.25, 0.3) is 76.9 Å². The first-order chi connectivity index (χ1) is 27.3. The number of aromatic nitrogens is 2. The molecule has 0 radical (unpaired) electrons. The molecule has 11 rings (SSSR count). The minimum atomic E-state index is 1.09. The molecule has 3 nitrogen and oxygen atoms in total. The SMILES string of the molecule is c1ccc(-c2ccccc2N(c2ccc(-n3c4ccccc4c4c5ccccc5ccc43)cc2)c2ccc3c(c2)c2ccccc2n3-c2ccccc2)cc1. The van der Waals surface area contributed by atoms with Gasteiger partial charge in [0, 0.05) is 49.9 Å². The van der Waals surface area contributed by atoms with Gasteiger partial charge >= 0.3 is 0 Å². The Bertz CT molecular complexity index is 3190. The van der Waals surface area contributed by atoms with Crippen molar-refractivity contribution >= 4 is 71.4 Å². The molecule has 3 heteroatoms. The van der Waals surface area contributed by atoms with Gasteiger partial charge in [-0.3, -0.25) is 0 Å². The number of rotatable bonds is 6. The third-order valence-electron chi connectivity index (χ3n) is 11.1. The van der Waals surface area contributed by atoms with Gasteiger partial charge in [-0.05, 0) is 95.2 Å². The van der Waals surface area contributed by atoms with E-state index in [-0.39, 0.29) is 0 Å². The monoisotopic (exact) mass is 701 g/mol. The van der Waals surface area contributed by atoms with Crippen LogP contribution < -0.4 is 4.90 Å². The lowest BCUT2D eigenvalue weighted by Gasteiger charge is -2.28. The zero-order chi connectivity index (χ0) is 36.3. The van der Waals surface area contributed by atoms with E-state index in [4.69, 9.17) is 0 Å². The first-order valence-electron chi connectivity index (χ1n) is 18.9. The number of fused-ring (bicyclic) bond motifs is 8. The van der Waals surface area contributed by atoms with Gasteiger partial charge in [0.1, 0.15) is 0 Å². The summed E-state index contributed by atoms with van der Waals surface area (Å²) in [5, 5.41) is 7.53. The van der Waals surface area contributed by atoms with Crippen LogP contribution in [0.5, 0.6) is 0 Å². The molecule has 0 N–H and O–H groups in total. The van der Waals surface area contributed by atoms with Crippen molar-refractivity contribution < 1.29 is 0 Å². The highest BCUT2D eigenvalue weighted by Crippen LogP contribution is 2.44. The summed E-state index contributed by atoms with van der Waals surface area (Å²) in [4.78, 5) is 2.42. The van der Waals surface area contributed by atoms with Gasteiger partial charge in [0.15, 0.2) is 0 Å². The minimum absolute atomic E-state index is 1.09. The predicted molar refractivity (Wildman–Crippen MR) is 233 cm³/mol. The topological polar surface area (TPSA) is 13.1 Å². The quantitative estimate of drug-likeness (QED) is 0.168. The Morgan fingerprint density at radius 2 is 0.873 bits per heavy atom. The van der Waals surface area contributed by atoms with Crippen molar-refractivity contribution in [3.8, 4) is 22.5 Å². The van der Waals surface area contributed by atoms with Crippen LogP contribution in [0.1, 0.15) is 0 Å². The van der Waals surface area contributed by atoms with Crippen molar-refractivity contribution in [2.45, 2.75) is 0 Å². The molecule has 0 saturated heterocycles. The van der Waals surface area contributed by atoms with Crippen molar-refractivity contribution in [3.05, 3.63) is 212 Å². The maximum Gasteiger partial charge on any atom is 0.0547 e. The van der Waals surface area contributed by atoms with Gasteiger partial charge in [0.25, 0.3) is 0 Å². The van der Waals surface area contributed by atoms with E-state index in [0.717, 1.165) is 28.4 Å². The fraction of sp³-hybridized carbons (Fsp3) is 0. The van der Waals surface area contributed by atoms with Gasteiger partial charge in [-0.2, -0.15) is 0 Å². The Kier molecular flexibility index (Phi) is 7.17. The third kappa shape index (κ3) is 4.98. The summed E-state index contributed by atoms with van der Waals surface area (Å²) in [6, 6.07) is 76.9. The van der Waals surface area contributed by atoms with Crippen LogP contribution in [-0.2, 0) is 0 Å². The van der Waals surface area contributed by atoms with Crippen molar-refractivity contribution in [2.75, 3.05) is 4.90 Å². The first kappa shape index (κ1) is 31.2. The second-order valence-electron chi connectivity index (χ2n) is 14.2. The molecule has 0 unspecified atom stereocenters. The lowest BCUT2D eigenvalue weighted by Crippen LogP contribution is -2.11. The Labute approximate surface area is 319 Å². The van der Waals surface area contributed by atoms with E-state index in [1.165, 1.54) is 65.5 Å². The van der Waals surface area contributed by atoms with Gasteiger partial charge in [-0.15, -0.1) is 0 Å². The Morgan fingerprint density at radius 1 is 0.327 bits per heavy atom. The number of hydrogen-bond donors (Lipinski definition) is 0. The summed E-state index contributed by atoms with van der Waals surface area (Å²) in [7, 11) is 0. The zero-order valence-electron chi connectivity index (χ0n) is 30.0. The van der Waals surface area contributed by atoms with Crippen LogP contribution in [0.15, 0.2) is 212 Å². The molecule has 55 heavy (non-hydrogen) atoms. The number of hydrogen-bond acceptors (Lipinski definition) is 1. The molecule has 0 bridgehead atoms. The normalized spacial score (nSPS) is 11.6. The fourth-order valence-corrected chi connectivity index (χ4v) is 8.68. The summed E-state index contributed by atoms with van der Waals surface area (Å²) < 4.78 is 4.79. The van der Waals surface area contributed by atoms with E-state index in [0.29, 0.717) is 0 Å². The van der Waals surface area contributed by atoms with E-state index in [9.17, 15) is 0 Å². The Hall–Kier alpha value is -7.36. The number of nitrogens with zero attached hydrogens (tertiary/aromatic N) is 3. The van der Waals surface area contributed by atoms with Crippen LogP contribution in [-0.4, -0.2) is 9.13 Å². The average molecular weight is 702 g/mol. The van der Waals surface area contributed by atoms with Crippen molar-refractivity contribution in [1.82, 2.24) is 9.13 Å². The molecular weight excluding hydrogens is 667 g/mol. The van der Waals surface area contributed by atoms with Crippen LogP contribution in [0, 0.1) is 0 Å². The number of anilines is 3. The summed E-state index contributed by atoms with van der Waals surface area (Å²) in [6.07, 6.45) is 0. The highest BCUT2D eigenvalue weighted by molar-refractivity contribution is 6.21. The molecule has 0 saturated carbocycles. The van der Waals surface area contributed by atoms with E-state index < -0.39 is 0 Å².